The number of carbonyl (C=O) groups is 1. The van der Waals surface area contributed by atoms with Crippen LogP contribution >= 0.6 is 0 Å². The SMILES string of the molecule is CN(C)c1ccc(C(=O)N2CCC[C@@H]2Cn2cccn2)nn1. The van der Waals surface area contributed by atoms with Gasteiger partial charge in [0.25, 0.3) is 5.91 Å². The normalized spacial score (nSPS) is 17.7. The van der Waals surface area contributed by atoms with Gasteiger partial charge in [-0.15, -0.1) is 10.2 Å². The predicted octanol–water partition coefficient (Wildman–Crippen LogP) is 1.04. The maximum absolute atomic E-state index is 12.6. The molecule has 0 bridgehead atoms. The first-order valence-electron chi connectivity index (χ1n) is 7.44. The average molecular weight is 300 g/mol. The first kappa shape index (κ1) is 14.5. The number of aromatic nitrogens is 4. The van der Waals surface area contributed by atoms with Gasteiger partial charge in [0.2, 0.25) is 0 Å². The Morgan fingerprint density at radius 2 is 2.23 bits per heavy atom. The van der Waals surface area contributed by atoms with Crippen molar-refractivity contribution >= 4 is 11.7 Å². The summed E-state index contributed by atoms with van der Waals surface area (Å²) in [5, 5.41) is 12.4. The van der Waals surface area contributed by atoms with Crippen molar-refractivity contribution in [3.05, 3.63) is 36.3 Å². The highest BCUT2D eigenvalue weighted by Crippen LogP contribution is 2.21. The first-order chi connectivity index (χ1) is 10.6. The Balaban J connectivity index is 1.72. The fourth-order valence-electron chi connectivity index (χ4n) is 2.74. The molecule has 3 heterocycles. The minimum Gasteiger partial charge on any atom is -0.361 e. The quantitative estimate of drug-likeness (QED) is 0.844. The second-order valence-corrected chi connectivity index (χ2v) is 5.69. The zero-order valence-electron chi connectivity index (χ0n) is 12.9. The molecule has 0 aromatic carbocycles. The highest BCUT2D eigenvalue weighted by molar-refractivity contribution is 5.92. The Morgan fingerprint density at radius 1 is 1.36 bits per heavy atom. The molecule has 1 fully saturated rings. The van der Waals surface area contributed by atoms with E-state index in [1.807, 2.05) is 46.9 Å². The zero-order valence-corrected chi connectivity index (χ0v) is 12.9. The first-order valence-corrected chi connectivity index (χ1v) is 7.44. The van der Waals surface area contributed by atoms with Crippen molar-refractivity contribution in [2.75, 3.05) is 25.5 Å². The van der Waals surface area contributed by atoms with Crippen LogP contribution in [0.25, 0.3) is 0 Å². The number of anilines is 1. The Hall–Kier alpha value is -2.44. The van der Waals surface area contributed by atoms with Crippen LogP contribution in [0, 0.1) is 0 Å². The van der Waals surface area contributed by atoms with Crippen molar-refractivity contribution in [2.45, 2.75) is 25.4 Å². The van der Waals surface area contributed by atoms with E-state index in [0.717, 1.165) is 31.7 Å². The Bertz CT molecular complexity index is 622. The molecule has 0 radical (unpaired) electrons. The summed E-state index contributed by atoms with van der Waals surface area (Å²) in [7, 11) is 3.79. The van der Waals surface area contributed by atoms with E-state index in [0.29, 0.717) is 5.69 Å². The van der Waals surface area contributed by atoms with Gasteiger partial charge in [-0.05, 0) is 31.0 Å². The minimum absolute atomic E-state index is 0.0486. The van der Waals surface area contributed by atoms with Gasteiger partial charge >= 0.3 is 0 Å². The van der Waals surface area contributed by atoms with Gasteiger partial charge in [0.05, 0.1) is 12.6 Å². The third-order valence-electron chi connectivity index (χ3n) is 3.92. The molecule has 0 aliphatic carbocycles. The van der Waals surface area contributed by atoms with Crippen LogP contribution in [0.5, 0.6) is 0 Å². The van der Waals surface area contributed by atoms with Crippen LogP contribution in [0.4, 0.5) is 5.82 Å². The maximum Gasteiger partial charge on any atom is 0.274 e. The van der Waals surface area contributed by atoms with Gasteiger partial charge in [0.15, 0.2) is 11.5 Å². The molecule has 0 unspecified atom stereocenters. The van der Waals surface area contributed by atoms with Gasteiger partial charge in [0, 0.05) is 33.0 Å². The number of hydrogen-bond acceptors (Lipinski definition) is 5. The third-order valence-corrected chi connectivity index (χ3v) is 3.92. The van der Waals surface area contributed by atoms with Crippen molar-refractivity contribution < 1.29 is 4.79 Å². The van der Waals surface area contributed by atoms with Gasteiger partial charge in [-0.2, -0.15) is 5.10 Å². The van der Waals surface area contributed by atoms with E-state index in [4.69, 9.17) is 0 Å². The molecule has 1 aliphatic heterocycles. The fourth-order valence-corrected chi connectivity index (χ4v) is 2.74. The van der Waals surface area contributed by atoms with Crippen molar-refractivity contribution in [2.24, 2.45) is 0 Å². The molecule has 22 heavy (non-hydrogen) atoms. The van der Waals surface area contributed by atoms with Gasteiger partial charge in [-0.1, -0.05) is 0 Å². The van der Waals surface area contributed by atoms with E-state index in [1.54, 1.807) is 12.3 Å². The molecule has 1 atom stereocenters. The van der Waals surface area contributed by atoms with E-state index < -0.39 is 0 Å². The van der Waals surface area contributed by atoms with Gasteiger partial charge < -0.3 is 9.80 Å². The molecular formula is C15H20N6O. The van der Waals surface area contributed by atoms with Crippen LogP contribution in [0.1, 0.15) is 23.3 Å². The minimum atomic E-state index is -0.0486. The molecule has 0 N–H and O–H groups in total. The second-order valence-electron chi connectivity index (χ2n) is 5.69. The standard InChI is InChI=1S/C15H20N6O/c1-19(2)14-7-6-13(17-18-14)15(22)21-10-3-5-12(21)11-20-9-4-8-16-20/h4,6-9,12H,3,5,10-11H2,1-2H3/t12-/m1/s1. The molecule has 0 spiro atoms. The van der Waals surface area contributed by atoms with Crippen molar-refractivity contribution in [3.8, 4) is 0 Å². The van der Waals surface area contributed by atoms with E-state index >= 15 is 0 Å². The molecule has 0 saturated carbocycles. The average Bonchev–Trinajstić information content (AvgIpc) is 3.19. The lowest BCUT2D eigenvalue weighted by atomic mass is 10.2. The van der Waals surface area contributed by atoms with E-state index in [2.05, 4.69) is 15.3 Å². The summed E-state index contributed by atoms with van der Waals surface area (Å²) in [5.74, 6) is 0.693. The van der Waals surface area contributed by atoms with Crippen molar-refractivity contribution in [1.82, 2.24) is 24.9 Å². The van der Waals surface area contributed by atoms with Crippen LogP contribution in [0.2, 0.25) is 0 Å². The molecule has 7 nitrogen and oxygen atoms in total. The molecule has 1 amide bonds. The summed E-state index contributed by atoms with van der Waals surface area (Å²) in [6.45, 7) is 1.49. The number of nitrogens with zero attached hydrogens (tertiary/aromatic N) is 6. The Morgan fingerprint density at radius 3 is 2.86 bits per heavy atom. The lowest BCUT2D eigenvalue weighted by Crippen LogP contribution is -2.38. The summed E-state index contributed by atoms with van der Waals surface area (Å²) < 4.78 is 1.87. The monoisotopic (exact) mass is 300 g/mol. The van der Waals surface area contributed by atoms with Gasteiger partial charge in [0.1, 0.15) is 0 Å². The van der Waals surface area contributed by atoms with Crippen molar-refractivity contribution in [1.29, 1.82) is 0 Å². The lowest BCUT2D eigenvalue weighted by Gasteiger charge is -2.24. The summed E-state index contributed by atoms with van der Waals surface area (Å²) in [5.41, 5.74) is 0.401. The lowest BCUT2D eigenvalue weighted by molar-refractivity contribution is 0.0714. The van der Waals surface area contributed by atoms with Gasteiger partial charge in [-0.25, -0.2) is 0 Å². The molecule has 116 valence electrons. The maximum atomic E-state index is 12.6. The number of hydrogen-bond donors (Lipinski definition) is 0. The largest absolute Gasteiger partial charge is 0.361 e. The highest BCUT2D eigenvalue weighted by atomic mass is 16.2. The number of carbonyl (C=O) groups excluding carboxylic acids is 1. The fraction of sp³-hybridized carbons (Fsp3) is 0.467. The molecule has 7 heteroatoms. The van der Waals surface area contributed by atoms with Crippen LogP contribution in [-0.2, 0) is 6.54 Å². The highest BCUT2D eigenvalue weighted by Gasteiger charge is 2.30. The summed E-state index contributed by atoms with van der Waals surface area (Å²) >= 11 is 0. The molecule has 3 rings (SSSR count). The molecule has 2 aromatic rings. The van der Waals surface area contributed by atoms with Crippen LogP contribution in [0.15, 0.2) is 30.6 Å². The topological polar surface area (TPSA) is 67.2 Å². The van der Waals surface area contributed by atoms with Crippen LogP contribution in [0.3, 0.4) is 0 Å². The predicted molar refractivity (Wildman–Crippen MR) is 82.6 cm³/mol. The molecule has 2 aromatic heterocycles. The van der Waals surface area contributed by atoms with E-state index in [9.17, 15) is 4.79 Å². The summed E-state index contributed by atoms with van der Waals surface area (Å²) in [6, 6.07) is 5.63. The van der Waals surface area contributed by atoms with Crippen LogP contribution < -0.4 is 4.90 Å². The summed E-state index contributed by atoms with van der Waals surface area (Å²) in [6.07, 6.45) is 5.69. The number of likely N-dealkylation sites (tertiary alicyclic amines) is 1. The Kier molecular flexibility index (Phi) is 4.04. The Labute approximate surface area is 129 Å². The third kappa shape index (κ3) is 2.93. The molecular weight excluding hydrogens is 280 g/mol. The van der Waals surface area contributed by atoms with E-state index in [1.165, 1.54) is 0 Å². The number of rotatable bonds is 4. The number of amides is 1. The molecule has 1 aliphatic rings. The second kappa shape index (κ2) is 6.13. The smallest absolute Gasteiger partial charge is 0.274 e. The van der Waals surface area contributed by atoms with Crippen LogP contribution in [-0.4, -0.2) is 57.5 Å². The summed E-state index contributed by atoms with van der Waals surface area (Å²) in [4.78, 5) is 16.4. The molecule has 1 saturated heterocycles. The van der Waals surface area contributed by atoms with Crippen molar-refractivity contribution in [3.63, 3.8) is 0 Å². The zero-order chi connectivity index (χ0) is 15.5. The van der Waals surface area contributed by atoms with E-state index in [-0.39, 0.29) is 11.9 Å². The van der Waals surface area contributed by atoms with Gasteiger partial charge in [-0.3, -0.25) is 9.48 Å².